The topological polar surface area (TPSA) is 99.1 Å². The molecule has 2 aromatic rings. The number of rotatable bonds is 7. The largest absolute Gasteiger partial charge is 0.506 e. The molecule has 3 rings (SSSR count). The maximum absolute atomic E-state index is 12.7. The number of amides is 1. The number of hydrogen-bond acceptors (Lipinski definition) is 6. The van der Waals surface area contributed by atoms with E-state index in [9.17, 15) is 14.7 Å². The molecular formula is C20H22N2O5S. The van der Waals surface area contributed by atoms with Crippen molar-refractivity contribution in [3.8, 4) is 11.5 Å². The first-order valence-corrected chi connectivity index (χ1v) is 9.96. The van der Waals surface area contributed by atoms with Crippen molar-refractivity contribution in [3.63, 3.8) is 0 Å². The molecule has 1 atom stereocenters. The molecule has 0 aromatic heterocycles. The number of carbonyl (C=O) groups is 2. The molecule has 0 spiro atoms. The zero-order valence-corrected chi connectivity index (χ0v) is 16.2. The highest BCUT2D eigenvalue weighted by atomic mass is 32.2. The number of ether oxygens (including phenoxy) is 1. The van der Waals surface area contributed by atoms with Crippen molar-refractivity contribution >= 4 is 29.3 Å². The molecule has 7 nitrogen and oxygen atoms in total. The van der Waals surface area contributed by atoms with E-state index in [2.05, 4.69) is 5.32 Å². The molecule has 148 valence electrons. The quantitative estimate of drug-likeness (QED) is 0.612. The number of anilines is 1. The van der Waals surface area contributed by atoms with Crippen LogP contribution in [-0.2, 0) is 11.2 Å². The Morgan fingerprint density at radius 2 is 2.00 bits per heavy atom. The second kappa shape index (κ2) is 8.88. The second-order valence-electron chi connectivity index (χ2n) is 6.44. The van der Waals surface area contributed by atoms with Crippen LogP contribution in [0.25, 0.3) is 0 Å². The Balaban J connectivity index is 1.58. The number of hydrogen-bond donors (Lipinski definition) is 3. The van der Waals surface area contributed by atoms with Crippen LogP contribution in [0.1, 0.15) is 15.9 Å². The molecule has 0 radical (unpaired) electrons. The van der Waals surface area contributed by atoms with Gasteiger partial charge in [0, 0.05) is 12.8 Å². The van der Waals surface area contributed by atoms with Crippen molar-refractivity contribution in [2.45, 2.75) is 12.5 Å². The van der Waals surface area contributed by atoms with Crippen LogP contribution >= 0.6 is 11.8 Å². The van der Waals surface area contributed by atoms with Gasteiger partial charge in [0.05, 0.1) is 29.6 Å². The van der Waals surface area contributed by atoms with Gasteiger partial charge in [-0.1, -0.05) is 6.07 Å². The van der Waals surface area contributed by atoms with Crippen molar-refractivity contribution < 1.29 is 24.5 Å². The molecule has 1 aliphatic rings. The van der Waals surface area contributed by atoms with E-state index in [1.807, 2.05) is 6.07 Å². The summed E-state index contributed by atoms with van der Waals surface area (Å²) in [6.07, 6.45) is 0.210. The van der Waals surface area contributed by atoms with Crippen LogP contribution in [-0.4, -0.2) is 58.3 Å². The number of carbonyl (C=O) groups excluding carboxylic acids is 1. The fourth-order valence-corrected chi connectivity index (χ4v) is 4.16. The monoisotopic (exact) mass is 402 g/mol. The Labute approximate surface area is 167 Å². The first-order chi connectivity index (χ1) is 13.5. The van der Waals surface area contributed by atoms with Crippen molar-refractivity contribution in [1.29, 1.82) is 0 Å². The predicted molar refractivity (Wildman–Crippen MR) is 108 cm³/mol. The number of phenolic OH excluding ortho intramolecular Hbond substituents is 1. The minimum atomic E-state index is -0.982. The summed E-state index contributed by atoms with van der Waals surface area (Å²) in [7, 11) is 1.72. The van der Waals surface area contributed by atoms with Crippen molar-refractivity contribution in [3.05, 3.63) is 53.6 Å². The molecule has 0 bridgehead atoms. The van der Waals surface area contributed by atoms with Crippen molar-refractivity contribution in [1.82, 2.24) is 4.90 Å². The van der Waals surface area contributed by atoms with Gasteiger partial charge in [0.15, 0.2) is 0 Å². The number of aromatic hydroxyl groups is 1. The van der Waals surface area contributed by atoms with Crippen LogP contribution in [0, 0.1) is 0 Å². The molecular weight excluding hydrogens is 380 g/mol. The lowest BCUT2D eigenvalue weighted by Gasteiger charge is -2.24. The number of carboxylic acids is 1. The van der Waals surface area contributed by atoms with E-state index in [0.29, 0.717) is 23.9 Å². The summed E-state index contributed by atoms with van der Waals surface area (Å²) < 4.78 is 5.76. The van der Waals surface area contributed by atoms with Gasteiger partial charge in [-0.3, -0.25) is 4.79 Å². The van der Waals surface area contributed by atoms with Gasteiger partial charge in [-0.05, 0) is 42.0 Å². The Morgan fingerprint density at radius 3 is 2.64 bits per heavy atom. The lowest BCUT2D eigenvalue weighted by Crippen LogP contribution is -2.41. The van der Waals surface area contributed by atoms with E-state index in [0.717, 1.165) is 11.3 Å². The molecule has 3 N–H and O–H groups in total. The Morgan fingerprint density at radius 1 is 1.25 bits per heavy atom. The highest BCUT2D eigenvalue weighted by molar-refractivity contribution is 7.99. The van der Waals surface area contributed by atoms with E-state index in [-0.39, 0.29) is 29.7 Å². The molecule has 0 unspecified atom stereocenters. The summed E-state index contributed by atoms with van der Waals surface area (Å²) in [5.74, 6) is 1.07. The molecule has 0 aliphatic carbocycles. The van der Waals surface area contributed by atoms with Crippen LogP contribution < -0.4 is 10.1 Å². The molecule has 1 heterocycles. The molecule has 0 saturated carbocycles. The van der Waals surface area contributed by atoms with Gasteiger partial charge in [-0.25, -0.2) is 4.79 Å². The second-order valence-corrected chi connectivity index (χ2v) is 7.44. The number of phenols is 1. The highest BCUT2D eigenvalue weighted by Crippen LogP contribution is 2.26. The molecule has 1 amide bonds. The van der Waals surface area contributed by atoms with Gasteiger partial charge in [0.1, 0.15) is 18.1 Å². The summed E-state index contributed by atoms with van der Waals surface area (Å²) in [5, 5.41) is 21.8. The van der Waals surface area contributed by atoms with Gasteiger partial charge in [0.25, 0.3) is 0 Å². The van der Waals surface area contributed by atoms with Crippen molar-refractivity contribution in [2.24, 2.45) is 0 Å². The van der Waals surface area contributed by atoms with Gasteiger partial charge in [-0.2, -0.15) is 0 Å². The standard InChI is InChI=1S/C20H22N2O5S/c1-21-17-7-2-13(8-18(17)23)9-19(24)22-12-28-11-15(22)10-27-16-5-3-14(4-6-16)20(25)26/h2-8,15,21,23H,9-12H2,1H3,(H,25,26)/t15-/m1/s1. The smallest absolute Gasteiger partial charge is 0.335 e. The number of carboxylic acid groups (broad SMARTS) is 1. The number of benzene rings is 2. The predicted octanol–water partition coefficient (Wildman–Crippen LogP) is 2.66. The van der Waals surface area contributed by atoms with Crippen LogP contribution in [0.4, 0.5) is 5.69 Å². The van der Waals surface area contributed by atoms with Crippen LogP contribution in [0.5, 0.6) is 11.5 Å². The third kappa shape index (κ3) is 4.69. The summed E-state index contributed by atoms with van der Waals surface area (Å²) in [4.78, 5) is 25.4. The normalized spacial score (nSPS) is 16.0. The lowest BCUT2D eigenvalue weighted by atomic mass is 10.1. The molecule has 1 saturated heterocycles. The molecule has 2 aromatic carbocycles. The zero-order valence-electron chi connectivity index (χ0n) is 15.4. The van der Waals surface area contributed by atoms with E-state index in [4.69, 9.17) is 9.84 Å². The first kappa shape index (κ1) is 19.9. The van der Waals surface area contributed by atoms with E-state index in [1.165, 1.54) is 12.1 Å². The third-order valence-corrected chi connectivity index (χ3v) is 5.61. The summed E-state index contributed by atoms with van der Waals surface area (Å²) >= 11 is 1.67. The molecule has 28 heavy (non-hydrogen) atoms. The zero-order chi connectivity index (χ0) is 20.1. The third-order valence-electron chi connectivity index (χ3n) is 4.53. The van der Waals surface area contributed by atoms with Crippen LogP contribution in [0.3, 0.4) is 0 Å². The van der Waals surface area contributed by atoms with Crippen LogP contribution in [0.15, 0.2) is 42.5 Å². The first-order valence-electron chi connectivity index (χ1n) is 8.81. The van der Waals surface area contributed by atoms with E-state index >= 15 is 0 Å². The molecule has 1 aliphatic heterocycles. The average Bonchev–Trinajstić information content (AvgIpc) is 3.15. The fraction of sp³-hybridized carbons (Fsp3) is 0.300. The van der Waals surface area contributed by atoms with Gasteiger partial charge in [0.2, 0.25) is 5.91 Å². The lowest BCUT2D eigenvalue weighted by molar-refractivity contribution is -0.131. The van der Waals surface area contributed by atoms with Gasteiger partial charge < -0.3 is 25.2 Å². The average molecular weight is 402 g/mol. The summed E-state index contributed by atoms with van der Waals surface area (Å²) in [5.41, 5.74) is 1.57. The van der Waals surface area contributed by atoms with Gasteiger partial charge in [-0.15, -0.1) is 11.8 Å². The molecule has 8 heteroatoms. The fourth-order valence-electron chi connectivity index (χ4n) is 2.96. The summed E-state index contributed by atoms with van der Waals surface area (Å²) in [6.45, 7) is 0.342. The SMILES string of the molecule is CNc1ccc(CC(=O)N2CSC[C@H]2COc2ccc(C(=O)O)cc2)cc1O. The number of nitrogens with zero attached hydrogens (tertiary/aromatic N) is 1. The Kier molecular flexibility index (Phi) is 6.30. The maximum atomic E-state index is 12.7. The van der Waals surface area contributed by atoms with Crippen molar-refractivity contribution in [2.75, 3.05) is 30.6 Å². The van der Waals surface area contributed by atoms with E-state index < -0.39 is 5.97 Å². The number of thioether (sulfide) groups is 1. The number of nitrogens with one attached hydrogen (secondary N) is 1. The molecule has 1 fully saturated rings. The maximum Gasteiger partial charge on any atom is 0.335 e. The van der Waals surface area contributed by atoms with E-state index in [1.54, 1.807) is 48.0 Å². The minimum absolute atomic E-state index is 0.0172. The minimum Gasteiger partial charge on any atom is -0.506 e. The number of aromatic carboxylic acids is 1. The Bertz CT molecular complexity index is 856. The highest BCUT2D eigenvalue weighted by Gasteiger charge is 2.29. The van der Waals surface area contributed by atoms with Gasteiger partial charge >= 0.3 is 5.97 Å². The summed E-state index contributed by atoms with van der Waals surface area (Å²) in [6, 6.07) is 11.3. The Hall–Kier alpha value is -2.87. The van der Waals surface area contributed by atoms with Crippen LogP contribution in [0.2, 0.25) is 0 Å².